The Balaban J connectivity index is 0.000000461. The highest BCUT2D eigenvalue weighted by Crippen LogP contribution is 2.22. The summed E-state index contributed by atoms with van der Waals surface area (Å²) in [4.78, 5) is 2.45. The molecule has 11 heavy (non-hydrogen) atoms. The van der Waals surface area contributed by atoms with Crippen molar-refractivity contribution < 1.29 is 0 Å². The monoisotopic (exact) mass is 157 g/mol. The van der Waals surface area contributed by atoms with Crippen LogP contribution in [0.2, 0.25) is 0 Å². The Morgan fingerprint density at radius 1 is 1.36 bits per heavy atom. The highest BCUT2D eigenvalue weighted by atomic mass is 15.1. The molecule has 0 aromatic heterocycles. The van der Waals surface area contributed by atoms with E-state index >= 15 is 0 Å². The van der Waals surface area contributed by atoms with Crippen LogP contribution in [0.25, 0.3) is 0 Å². The maximum absolute atomic E-state index is 2.45. The van der Waals surface area contributed by atoms with E-state index in [-0.39, 0.29) is 0 Å². The first-order valence-corrected chi connectivity index (χ1v) is 4.94. The van der Waals surface area contributed by atoms with Gasteiger partial charge in [-0.3, -0.25) is 0 Å². The van der Waals surface area contributed by atoms with E-state index in [4.69, 9.17) is 0 Å². The zero-order valence-electron chi connectivity index (χ0n) is 8.72. The summed E-state index contributed by atoms with van der Waals surface area (Å²) in [6, 6.07) is 0.829. The molecule has 2 atom stereocenters. The van der Waals surface area contributed by atoms with Gasteiger partial charge < -0.3 is 4.90 Å². The van der Waals surface area contributed by atoms with Gasteiger partial charge in [0.15, 0.2) is 0 Å². The largest absolute Gasteiger partial charge is 0.303 e. The highest BCUT2D eigenvalue weighted by molar-refractivity contribution is 4.78. The Kier molecular flexibility index (Phi) is 5.57. The first-order valence-electron chi connectivity index (χ1n) is 4.94. The van der Waals surface area contributed by atoms with Crippen LogP contribution >= 0.6 is 0 Å². The van der Waals surface area contributed by atoms with Gasteiger partial charge in [0.2, 0.25) is 0 Å². The Labute approximate surface area is 71.8 Å². The van der Waals surface area contributed by atoms with Crippen molar-refractivity contribution >= 4 is 0 Å². The quantitative estimate of drug-likeness (QED) is 0.565. The molecule has 1 saturated heterocycles. The molecule has 0 saturated carbocycles. The van der Waals surface area contributed by atoms with Crippen LogP contribution in [0.4, 0.5) is 0 Å². The second-order valence-corrected chi connectivity index (χ2v) is 3.30. The van der Waals surface area contributed by atoms with E-state index in [1.807, 2.05) is 13.8 Å². The Morgan fingerprint density at radius 2 is 1.91 bits per heavy atom. The highest BCUT2D eigenvalue weighted by Gasteiger charge is 2.23. The first kappa shape index (κ1) is 11.0. The molecule has 1 heterocycles. The fourth-order valence-electron chi connectivity index (χ4n) is 1.62. The van der Waals surface area contributed by atoms with E-state index in [2.05, 4.69) is 25.8 Å². The van der Waals surface area contributed by atoms with Gasteiger partial charge in [-0.25, -0.2) is 0 Å². The van der Waals surface area contributed by atoms with Crippen molar-refractivity contribution in [3.05, 3.63) is 0 Å². The number of likely N-dealkylation sites (tertiary alicyclic amines) is 1. The van der Waals surface area contributed by atoms with Gasteiger partial charge in [0, 0.05) is 12.6 Å². The fourth-order valence-corrected chi connectivity index (χ4v) is 1.62. The van der Waals surface area contributed by atoms with Gasteiger partial charge in [0.1, 0.15) is 0 Å². The van der Waals surface area contributed by atoms with Crippen LogP contribution in [0.5, 0.6) is 0 Å². The van der Waals surface area contributed by atoms with Crippen LogP contribution in [0.1, 0.15) is 40.5 Å². The zero-order valence-corrected chi connectivity index (χ0v) is 8.72. The molecule has 0 radical (unpaired) electrons. The average molecular weight is 157 g/mol. The molecule has 1 aliphatic rings. The van der Waals surface area contributed by atoms with E-state index in [9.17, 15) is 0 Å². The summed E-state index contributed by atoms with van der Waals surface area (Å²) in [5, 5.41) is 0. The Bertz CT molecular complexity index is 80.9. The maximum Gasteiger partial charge on any atom is 0.00671 e. The SMILES string of the molecule is CC.CCC1CC(C)N(C)C1. The average Bonchev–Trinajstić information content (AvgIpc) is 2.36. The van der Waals surface area contributed by atoms with Crippen molar-refractivity contribution in [1.82, 2.24) is 4.90 Å². The van der Waals surface area contributed by atoms with Crippen molar-refractivity contribution in [2.75, 3.05) is 13.6 Å². The molecule has 1 heteroatoms. The lowest BCUT2D eigenvalue weighted by Crippen LogP contribution is -2.21. The Hall–Kier alpha value is -0.0400. The molecule has 0 amide bonds. The molecular weight excluding hydrogens is 134 g/mol. The molecule has 0 spiro atoms. The fraction of sp³-hybridized carbons (Fsp3) is 1.00. The second-order valence-electron chi connectivity index (χ2n) is 3.30. The minimum atomic E-state index is 0.829. The lowest BCUT2D eigenvalue weighted by Gasteiger charge is -2.12. The van der Waals surface area contributed by atoms with E-state index in [1.165, 1.54) is 19.4 Å². The molecule has 0 bridgehead atoms. The number of hydrogen-bond donors (Lipinski definition) is 0. The molecule has 1 rings (SSSR count). The molecule has 0 aliphatic carbocycles. The summed E-state index contributed by atoms with van der Waals surface area (Å²) in [6.07, 6.45) is 2.77. The lowest BCUT2D eigenvalue weighted by molar-refractivity contribution is 0.325. The van der Waals surface area contributed by atoms with Gasteiger partial charge in [0.05, 0.1) is 0 Å². The molecule has 1 fully saturated rings. The summed E-state index contributed by atoms with van der Waals surface area (Å²) in [6.45, 7) is 9.92. The number of rotatable bonds is 1. The first-order chi connectivity index (χ1) is 5.24. The summed E-state index contributed by atoms with van der Waals surface area (Å²) in [5.41, 5.74) is 0. The third kappa shape index (κ3) is 3.24. The summed E-state index contributed by atoms with van der Waals surface area (Å²) < 4.78 is 0. The maximum atomic E-state index is 2.45. The van der Waals surface area contributed by atoms with Crippen molar-refractivity contribution in [2.24, 2.45) is 5.92 Å². The van der Waals surface area contributed by atoms with E-state index < -0.39 is 0 Å². The molecule has 0 N–H and O–H groups in total. The minimum Gasteiger partial charge on any atom is -0.303 e. The van der Waals surface area contributed by atoms with Crippen LogP contribution in [0.3, 0.4) is 0 Å². The van der Waals surface area contributed by atoms with Crippen molar-refractivity contribution in [3.8, 4) is 0 Å². The van der Waals surface area contributed by atoms with Crippen molar-refractivity contribution in [3.63, 3.8) is 0 Å². The summed E-state index contributed by atoms with van der Waals surface area (Å²) >= 11 is 0. The van der Waals surface area contributed by atoms with Crippen molar-refractivity contribution in [1.29, 1.82) is 0 Å². The third-order valence-electron chi connectivity index (χ3n) is 2.55. The van der Waals surface area contributed by atoms with Crippen LogP contribution in [0.15, 0.2) is 0 Å². The Morgan fingerprint density at radius 3 is 2.09 bits per heavy atom. The van der Waals surface area contributed by atoms with E-state index in [1.54, 1.807) is 0 Å². The van der Waals surface area contributed by atoms with Crippen LogP contribution in [-0.2, 0) is 0 Å². The predicted octanol–water partition coefficient (Wildman–Crippen LogP) is 2.76. The molecule has 0 aromatic rings. The number of nitrogens with zero attached hydrogens (tertiary/aromatic N) is 1. The lowest BCUT2D eigenvalue weighted by atomic mass is 10.0. The van der Waals surface area contributed by atoms with E-state index in [0.29, 0.717) is 0 Å². The number of hydrogen-bond acceptors (Lipinski definition) is 1. The molecule has 0 aromatic carbocycles. The van der Waals surface area contributed by atoms with Crippen molar-refractivity contribution in [2.45, 2.75) is 46.6 Å². The normalized spacial score (nSPS) is 31.4. The summed E-state index contributed by atoms with van der Waals surface area (Å²) in [5.74, 6) is 0.977. The zero-order chi connectivity index (χ0) is 8.85. The molecule has 1 nitrogen and oxygen atoms in total. The van der Waals surface area contributed by atoms with Gasteiger partial charge >= 0.3 is 0 Å². The second kappa shape index (κ2) is 5.59. The van der Waals surface area contributed by atoms with Crippen LogP contribution in [0, 0.1) is 5.92 Å². The molecular formula is C10H23N. The van der Waals surface area contributed by atoms with Gasteiger partial charge in [-0.2, -0.15) is 0 Å². The van der Waals surface area contributed by atoms with Gasteiger partial charge in [0.25, 0.3) is 0 Å². The smallest absolute Gasteiger partial charge is 0.00671 e. The third-order valence-corrected chi connectivity index (χ3v) is 2.55. The topological polar surface area (TPSA) is 3.24 Å². The molecule has 1 aliphatic heterocycles. The van der Waals surface area contributed by atoms with Crippen LogP contribution in [-0.4, -0.2) is 24.5 Å². The molecule has 2 unspecified atom stereocenters. The van der Waals surface area contributed by atoms with Gasteiger partial charge in [-0.1, -0.05) is 27.2 Å². The van der Waals surface area contributed by atoms with E-state index in [0.717, 1.165) is 12.0 Å². The van der Waals surface area contributed by atoms with Gasteiger partial charge in [-0.15, -0.1) is 0 Å². The predicted molar refractivity (Wildman–Crippen MR) is 51.8 cm³/mol. The summed E-state index contributed by atoms with van der Waals surface area (Å²) in [7, 11) is 2.22. The standard InChI is InChI=1S/C8H17N.C2H6/c1-4-8-5-7(2)9(3)6-8;1-2/h7-8H,4-6H2,1-3H3;1-2H3. The van der Waals surface area contributed by atoms with Gasteiger partial charge in [-0.05, 0) is 26.3 Å². The molecule has 68 valence electrons. The van der Waals surface area contributed by atoms with Crippen LogP contribution < -0.4 is 0 Å². The minimum absolute atomic E-state index is 0.829.